The van der Waals surface area contributed by atoms with Crippen LogP contribution in [0.1, 0.15) is 23.8 Å². The van der Waals surface area contributed by atoms with Crippen molar-refractivity contribution in [1.29, 1.82) is 0 Å². The molecule has 0 aliphatic carbocycles. The number of carboxylic acids is 1. The molecule has 0 atom stereocenters. The van der Waals surface area contributed by atoms with Gasteiger partial charge in [-0.1, -0.05) is 37.3 Å². The fourth-order valence-electron chi connectivity index (χ4n) is 2.29. The number of carboxylic acid groups (broad SMARTS) is 1. The highest BCUT2D eigenvalue weighted by Crippen LogP contribution is 2.38. The van der Waals surface area contributed by atoms with Gasteiger partial charge in [-0.2, -0.15) is 0 Å². The Morgan fingerprint density at radius 1 is 1.27 bits per heavy atom. The maximum atomic E-state index is 11.1. The van der Waals surface area contributed by atoms with Crippen molar-refractivity contribution in [3.05, 3.63) is 47.5 Å². The lowest BCUT2D eigenvalue weighted by molar-refractivity contribution is 0.0691. The van der Waals surface area contributed by atoms with Gasteiger partial charge in [-0.05, 0) is 23.3 Å². The second-order valence-electron chi connectivity index (χ2n) is 4.85. The molecule has 0 aliphatic rings. The maximum absolute atomic E-state index is 11.1. The first-order valence-electron chi connectivity index (χ1n) is 7.04. The molecule has 0 bridgehead atoms. The quantitative estimate of drug-likeness (QED) is 0.756. The van der Waals surface area contributed by atoms with Crippen LogP contribution in [-0.2, 0) is 0 Å². The van der Waals surface area contributed by atoms with E-state index >= 15 is 0 Å². The zero-order valence-electron chi connectivity index (χ0n) is 12.1. The van der Waals surface area contributed by atoms with Crippen LogP contribution in [0.5, 0.6) is 5.75 Å². The highest BCUT2D eigenvalue weighted by Gasteiger charge is 2.16. The maximum Gasteiger partial charge on any atom is 0.355 e. The largest absolute Gasteiger partial charge is 0.493 e. The molecule has 1 aromatic heterocycles. The molecular formula is C17H15NO3S. The molecule has 2 aromatic carbocycles. The second-order valence-corrected chi connectivity index (χ2v) is 5.71. The zero-order valence-corrected chi connectivity index (χ0v) is 12.9. The minimum Gasteiger partial charge on any atom is -0.493 e. The third kappa shape index (κ3) is 2.67. The number of hydrogen-bond acceptors (Lipinski definition) is 4. The lowest BCUT2D eigenvalue weighted by Crippen LogP contribution is -1.99. The van der Waals surface area contributed by atoms with Crippen LogP contribution in [-0.4, -0.2) is 22.7 Å². The van der Waals surface area contributed by atoms with Gasteiger partial charge in [0.05, 0.1) is 12.2 Å². The molecule has 0 unspecified atom stereocenters. The summed E-state index contributed by atoms with van der Waals surface area (Å²) in [6.45, 7) is 2.66. The summed E-state index contributed by atoms with van der Waals surface area (Å²) in [5.74, 6) is -0.273. The number of fused-ring (bicyclic) bond motifs is 1. The minimum atomic E-state index is -1.02. The zero-order chi connectivity index (χ0) is 15.5. The van der Waals surface area contributed by atoms with Crippen LogP contribution in [0.3, 0.4) is 0 Å². The molecule has 0 fully saturated rings. The van der Waals surface area contributed by atoms with Crippen LogP contribution in [0.25, 0.3) is 21.3 Å². The first kappa shape index (κ1) is 14.5. The molecule has 3 aromatic rings. The summed E-state index contributed by atoms with van der Waals surface area (Å²) < 4.78 is 5.84. The number of aromatic nitrogens is 1. The molecule has 1 N–H and O–H groups in total. The van der Waals surface area contributed by atoms with Crippen molar-refractivity contribution in [1.82, 2.24) is 4.98 Å². The summed E-state index contributed by atoms with van der Waals surface area (Å²) in [7, 11) is 0. The number of rotatable bonds is 5. The van der Waals surface area contributed by atoms with Crippen molar-refractivity contribution in [3.63, 3.8) is 0 Å². The Hall–Kier alpha value is -2.40. The lowest BCUT2D eigenvalue weighted by Gasteiger charge is -2.12. The predicted molar refractivity (Wildman–Crippen MR) is 87.8 cm³/mol. The standard InChI is InChI=1S/C17H15NO3S/c1-2-9-21-14-8-7-11-5-3-4-6-12(11)15(14)16-18-13(10-22-16)17(19)20/h3-8,10H,2,9H2,1H3,(H,19,20). The summed E-state index contributed by atoms with van der Waals surface area (Å²) >= 11 is 1.32. The van der Waals surface area contributed by atoms with Gasteiger partial charge in [0.15, 0.2) is 5.69 Å². The van der Waals surface area contributed by atoms with Crippen molar-refractivity contribution in [2.75, 3.05) is 6.61 Å². The Labute approximate surface area is 132 Å². The minimum absolute atomic E-state index is 0.0642. The SMILES string of the molecule is CCCOc1ccc2ccccc2c1-c1nc(C(=O)O)cs1. The van der Waals surface area contributed by atoms with Crippen molar-refractivity contribution < 1.29 is 14.6 Å². The molecule has 5 heteroatoms. The Balaban J connectivity index is 2.20. The second kappa shape index (κ2) is 6.15. The van der Waals surface area contributed by atoms with Crippen molar-refractivity contribution in [3.8, 4) is 16.3 Å². The summed E-state index contributed by atoms with van der Waals surface area (Å²) in [4.78, 5) is 15.3. The Kier molecular flexibility index (Phi) is 4.06. The number of hydrogen-bond donors (Lipinski definition) is 1. The molecular weight excluding hydrogens is 298 g/mol. The van der Waals surface area contributed by atoms with Crippen LogP contribution in [0.2, 0.25) is 0 Å². The van der Waals surface area contributed by atoms with Crippen molar-refractivity contribution in [2.45, 2.75) is 13.3 Å². The molecule has 0 radical (unpaired) electrons. The molecule has 0 spiro atoms. The molecule has 0 saturated heterocycles. The van der Waals surface area contributed by atoms with E-state index in [1.165, 1.54) is 11.3 Å². The van der Waals surface area contributed by atoms with E-state index in [1.54, 1.807) is 5.38 Å². The summed E-state index contributed by atoms with van der Waals surface area (Å²) in [6.07, 6.45) is 0.907. The molecule has 3 rings (SSSR count). The van der Waals surface area contributed by atoms with E-state index in [0.29, 0.717) is 11.6 Å². The van der Waals surface area contributed by atoms with Gasteiger partial charge in [0.1, 0.15) is 10.8 Å². The van der Waals surface area contributed by atoms with E-state index in [2.05, 4.69) is 4.98 Å². The first-order chi connectivity index (χ1) is 10.7. The van der Waals surface area contributed by atoms with Gasteiger partial charge in [-0.3, -0.25) is 0 Å². The van der Waals surface area contributed by atoms with Crippen LogP contribution >= 0.6 is 11.3 Å². The topological polar surface area (TPSA) is 59.4 Å². The molecule has 0 aliphatic heterocycles. The van der Waals surface area contributed by atoms with Gasteiger partial charge in [0.25, 0.3) is 0 Å². The van der Waals surface area contributed by atoms with E-state index in [1.807, 2.05) is 43.3 Å². The summed E-state index contributed by atoms with van der Waals surface area (Å²) in [5, 5.41) is 13.4. The molecule has 0 amide bonds. The van der Waals surface area contributed by atoms with E-state index < -0.39 is 5.97 Å². The average molecular weight is 313 g/mol. The van der Waals surface area contributed by atoms with Gasteiger partial charge in [-0.15, -0.1) is 11.3 Å². The molecule has 22 heavy (non-hydrogen) atoms. The van der Waals surface area contributed by atoms with Gasteiger partial charge in [0.2, 0.25) is 0 Å². The first-order valence-corrected chi connectivity index (χ1v) is 7.92. The third-order valence-corrected chi connectivity index (χ3v) is 4.15. The fraction of sp³-hybridized carbons (Fsp3) is 0.176. The predicted octanol–water partition coefficient (Wildman–Crippen LogP) is 4.45. The fourth-order valence-corrected chi connectivity index (χ4v) is 3.15. The lowest BCUT2D eigenvalue weighted by atomic mass is 10.0. The van der Waals surface area contributed by atoms with E-state index in [0.717, 1.165) is 28.5 Å². The van der Waals surface area contributed by atoms with Crippen LogP contribution in [0.4, 0.5) is 0 Å². The normalized spacial score (nSPS) is 10.8. The Morgan fingerprint density at radius 3 is 2.82 bits per heavy atom. The van der Waals surface area contributed by atoms with Crippen LogP contribution < -0.4 is 4.74 Å². The number of carbonyl (C=O) groups is 1. The molecule has 112 valence electrons. The number of aromatic carboxylic acids is 1. The third-order valence-electron chi connectivity index (χ3n) is 3.29. The molecule has 0 saturated carbocycles. The highest BCUT2D eigenvalue weighted by atomic mass is 32.1. The van der Waals surface area contributed by atoms with E-state index in [-0.39, 0.29) is 5.69 Å². The van der Waals surface area contributed by atoms with Gasteiger partial charge >= 0.3 is 5.97 Å². The van der Waals surface area contributed by atoms with Gasteiger partial charge in [0, 0.05) is 5.38 Å². The van der Waals surface area contributed by atoms with Crippen LogP contribution in [0.15, 0.2) is 41.8 Å². The van der Waals surface area contributed by atoms with Crippen LogP contribution in [0, 0.1) is 0 Å². The smallest absolute Gasteiger partial charge is 0.355 e. The monoisotopic (exact) mass is 313 g/mol. The number of ether oxygens (including phenoxy) is 1. The van der Waals surface area contributed by atoms with E-state index in [9.17, 15) is 4.79 Å². The van der Waals surface area contributed by atoms with Gasteiger partial charge in [-0.25, -0.2) is 9.78 Å². The van der Waals surface area contributed by atoms with Gasteiger partial charge < -0.3 is 9.84 Å². The summed E-state index contributed by atoms with van der Waals surface area (Å²) in [5.41, 5.74) is 0.929. The van der Waals surface area contributed by atoms with Crippen molar-refractivity contribution >= 4 is 28.1 Å². The molecule has 4 nitrogen and oxygen atoms in total. The number of thiazole rings is 1. The highest BCUT2D eigenvalue weighted by molar-refractivity contribution is 7.13. The summed E-state index contributed by atoms with van der Waals surface area (Å²) in [6, 6.07) is 11.9. The average Bonchev–Trinajstić information content (AvgIpc) is 3.02. The Morgan fingerprint density at radius 2 is 2.09 bits per heavy atom. The Bertz CT molecular complexity index is 826. The number of nitrogens with zero attached hydrogens (tertiary/aromatic N) is 1. The van der Waals surface area contributed by atoms with E-state index in [4.69, 9.17) is 9.84 Å². The molecule has 1 heterocycles. The van der Waals surface area contributed by atoms with Crippen molar-refractivity contribution in [2.24, 2.45) is 0 Å². The number of benzene rings is 2.